The van der Waals surface area contributed by atoms with Gasteiger partial charge in [-0.3, -0.25) is 9.67 Å². The minimum Gasteiger partial charge on any atom is -0.444 e. The van der Waals surface area contributed by atoms with Crippen molar-refractivity contribution in [2.45, 2.75) is 52.8 Å². The maximum absolute atomic E-state index is 12.1. The van der Waals surface area contributed by atoms with Crippen molar-refractivity contribution in [2.24, 2.45) is 18.0 Å². The van der Waals surface area contributed by atoms with Gasteiger partial charge in [0.15, 0.2) is 5.96 Å². The number of nitrogens with one attached hydrogen (secondary N) is 2. The van der Waals surface area contributed by atoms with Gasteiger partial charge in [0, 0.05) is 27.7 Å². The fourth-order valence-electron chi connectivity index (χ4n) is 2.25. The Balaban J connectivity index is 2.62. The van der Waals surface area contributed by atoms with Crippen molar-refractivity contribution in [3.8, 4) is 0 Å². The maximum Gasteiger partial charge on any atom is 0.407 e. The number of nitrogens with zero attached hydrogens (tertiary/aromatic N) is 5. The normalized spacial score (nSPS) is 13.5. The minimum atomic E-state index is -0.522. The molecule has 1 aromatic rings. The molecule has 1 heterocycles. The number of carbonyl (C=O) groups excluding carboxylic acids is 1. The van der Waals surface area contributed by atoms with Crippen LogP contribution in [0.3, 0.4) is 0 Å². The van der Waals surface area contributed by atoms with Gasteiger partial charge in [-0.1, -0.05) is 13.8 Å². The molecule has 1 rings (SSSR count). The summed E-state index contributed by atoms with van der Waals surface area (Å²) in [6.07, 6.45) is 1.11. The molecule has 0 saturated carbocycles. The number of hydrogen-bond donors (Lipinski definition) is 2. The van der Waals surface area contributed by atoms with E-state index < -0.39 is 11.7 Å². The lowest BCUT2D eigenvalue weighted by molar-refractivity contribution is 0.0491. The highest BCUT2D eigenvalue weighted by molar-refractivity contribution is 5.79. The van der Waals surface area contributed by atoms with E-state index in [4.69, 9.17) is 4.74 Å². The number of aryl methyl sites for hydroxylation is 1. The zero-order chi connectivity index (χ0) is 19.9. The second-order valence-electron chi connectivity index (χ2n) is 7.58. The highest BCUT2D eigenvalue weighted by Crippen LogP contribution is 2.08. The summed E-state index contributed by atoms with van der Waals surface area (Å²) in [4.78, 5) is 22.5. The first-order chi connectivity index (χ1) is 12.0. The fourth-order valence-corrected chi connectivity index (χ4v) is 2.25. The topological polar surface area (TPSA) is 96.7 Å². The van der Waals surface area contributed by atoms with Crippen molar-refractivity contribution in [3.05, 3.63) is 12.2 Å². The molecular formula is C17H33N7O2. The van der Waals surface area contributed by atoms with Gasteiger partial charge < -0.3 is 20.3 Å². The van der Waals surface area contributed by atoms with E-state index in [1.165, 1.54) is 6.33 Å². The second kappa shape index (κ2) is 9.40. The van der Waals surface area contributed by atoms with Crippen molar-refractivity contribution < 1.29 is 9.53 Å². The lowest BCUT2D eigenvalue weighted by atomic mass is 10.0. The van der Waals surface area contributed by atoms with Gasteiger partial charge in [-0.05, 0) is 26.7 Å². The van der Waals surface area contributed by atoms with Gasteiger partial charge in [0.25, 0.3) is 0 Å². The van der Waals surface area contributed by atoms with Gasteiger partial charge in [0.2, 0.25) is 0 Å². The first kappa shape index (κ1) is 21.7. The molecule has 1 aromatic heterocycles. The van der Waals surface area contributed by atoms with Gasteiger partial charge >= 0.3 is 6.09 Å². The molecule has 9 nitrogen and oxygen atoms in total. The van der Waals surface area contributed by atoms with E-state index in [0.717, 1.165) is 5.82 Å². The molecule has 0 aliphatic heterocycles. The lowest BCUT2D eigenvalue weighted by Crippen LogP contribution is -2.50. The predicted molar refractivity (Wildman–Crippen MR) is 102 cm³/mol. The van der Waals surface area contributed by atoms with Gasteiger partial charge in [-0.2, -0.15) is 5.10 Å². The standard InChI is InChI=1S/C17H33N7O2/c1-12(2)13(22-16(25)26-17(3,4)5)9-19-15(18-6)23(7)10-14-20-11-21-24(14)8/h11-13H,9-10H2,1-8H3,(H,18,19)(H,22,25). The van der Waals surface area contributed by atoms with Crippen LogP contribution >= 0.6 is 0 Å². The Morgan fingerprint density at radius 1 is 1.42 bits per heavy atom. The highest BCUT2D eigenvalue weighted by Gasteiger charge is 2.22. The molecule has 148 valence electrons. The minimum absolute atomic E-state index is 0.0928. The Labute approximate surface area is 156 Å². The third-order valence-electron chi connectivity index (χ3n) is 3.74. The van der Waals surface area contributed by atoms with Crippen LogP contribution in [0.15, 0.2) is 11.3 Å². The summed E-state index contributed by atoms with van der Waals surface area (Å²) in [7, 11) is 5.50. The van der Waals surface area contributed by atoms with Crippen LogP contribution in [-0.4, -0.2) is 64.0 Å². The summed E-state index contributed by atoms with van der Waals surface area (Å²) < 4.78 is 7.07. The van der Waals surface area contributed by atoms with Crippen LogP contribution in [0.4, 0.5) is 4.79 Å². The first-order valence-corrected chi connectivity index (χ1v) is 8.77. The van der Waals surface area contributed by atoms with Gasteiger partial charge in [0.1, 0.15) is 17.8 Å². The number of aliphatic imine (C=N–C) groups is 1. The average Bonchev–Trinajstić information content (AvgIpc) is 2.89. The van der Waals surface area contributed by atoms with Crippen LogP contribution in [0.5, 0.6) is 0 Å². The molecule has 1 atom stereocenters. The van der Waals surface area contributed by atoms with Crippen LogP contribution in [0.2, 0.25) is 0 Å². The number of ether oxygens (including phenoxy) is 1. The van der Waals surface area contributed by atoms with Crippen LogP contribution in [0.25, 0.3) is 0 Å². The molecule has 0 aliphatic rings. The molecular weight excluding hydrogens is 334 g/mol. The smallest absolute Gasteiger partial charge is 0.407 e. The first-order valence-electron chi connectivity index (χ1n) is 8.77. The van der Waals surface area contributed by atoms with E-state index in [-0.39, 0.29) is 12.0 Å². The molecule has 0 spiro atoms. The zero-order valence-corrected chi connectivity index (χ0v) is 17.2. The van der Waals surface area contributed by atoms with Crippen molar-refractivity contribution >= 4 is 12.1 Å². The summed E-state index contributed by atoms with van der Waals surface area (Å²) in [5.74, 6) is 1.78. The van der Waals surface area contributed by atoms with E-state index >= 15 is 0 Å². The summed E-state index contributed by atoms with van der Waals surface area (Å²) in [5, 5.41) is 10.3. The fraction of sp³-hybridized carbons (Fsp3) is 0.765. The summed E-state index contributed by atoms with van der Waals surface area (Å²) in [5.41, 5.74) is -0.522. The lowest BCUT2D eigenvalue weighted by Gasteiger charge is -2.28. The van der Waals surface area contributed by atoms with Gasteiger partial charge in [-0.25, -0.2) is 9.78 Å². The van der Waals surface area contributed by atoms with E-state index in [9.17, 15) is 4.79 Å². The molecule has 26 heavy (non-hydrogen) atoms. The van der Waals surface area contributed by atoms with Gasteiger partial charge in [-0.15, -0.1) is 0 Å². The average molecular weight is 367 g/mol. The Morgan fingerprint density at radius 3 is 2.54 bits per heavy atom. The van der Waals surface area contributed by atoms with E-state index in [2.05, 4.69) is 39.6 Å². The zero-order valence-electron chi connectivity index (χ0n) is 17.2. The largest absolute Gasteiger partial charge is 0.444 e. The molecule has 1 unspecified atom stereocenters. The van der Waals surface area contributed by atoms with Gasteiger partial charge in [0.05, 0.1) is 12.6 Å². The molecule has 0 saturated heterocycles. The third kappa shape index (κ3) is 7.28. The van der Waals surface area contributed by atoms with E-state index in [1.807, 2.05) is 39.8 Å². The van der Waals surface area contributed by atoms with E-state index in [0.29, 0.717) is 19.0 Å². The van der Waals surface area contributed by atoms with E-state index in [1.54, 1.807) is 11.7 Å². The quantitative estimate of drug-likeness (QED) is 0.582. The Morgan fingerprint density at radius 2 is 2.08 bits per heavy atom. The van der Waals surface area contributed by atoms with Crippen LogP contribution in [0.1, 0.15) is 40.4 Å². The van der Waals surface area contributed by atoms with Crippen molar-refractivity contribution in [1.29, 1.82) is 0 Å². The Kier molecular flexibility index (Phi) is 7.85. The number of hydrogen-bond acceptors (Lipinski definition) is 5. The number of guanidine groups is 1. The molecule has 0 aromatic carbocycles. The summed E-state index contributed by atoms with van der Waals surface area (Å²) in [6, 6.07) is -0.0928. The second-order valence-corrected chi connectivity index (χ2v) is 7.58. The Hall–Kier alpha value is -2.32. The highest BCUT2D eigenvalue weighted by atomic mass is 16.6. The van der Waals surface area contributed by atoms with Crippen molar-refractivity contribution in [2.75, 3.05) is 20.6 Å². The summed E-state index contributed by atoms with van der Waals surface area (Å²) in [6.45, 7) is 10.7. The SMILES string of the molecule is CN=C(NCC(NC(=O)OC(C)(C)C)C(C)C)N(C)Cc1ncnn1C. The molecule has 0 fully saturated rings. The number of carbonyl (C=O) groups is 1. The monoisotopic (exact) mass is 367 g/mol. The summed E-state index contributed by atoms with van der Waals surface area (Å²) >= 11 is 0. The molecule has 0 bridgehead atoms. The van der Waals surface area contributed by atoms with Crippen LogP contribution < -0.4 is 10.6 Å². The molecule has 2 N–H and O–H groups in total. The number of alkyl carbamates (subject to hydrolysis) is 1. The molecule has 9 heteroatoms. The van der Waals surface area contributed by atoms with Crippen molar-refractivity contribution in [1.82, 2.24) is 30.3 Å². The number of aromatic nitrogens is 3. The molecule has 0 radical (unpaired) electrons. The van der Waals surface area contributed by atoms with Crippen LogP contribution in [-0.2, 0) is 18.3 Å². The predicted octanol–water partition coefficient (Wildman–Crippen LogP) is 1.37. The third-order valence-corrected chi connectivity index (χ3v) is 3.74. The maximum atomic E-state index is 12.1. The van der Waals surface area contributed by atoms with Crippen LogP contribution in [0, 0.1) is 5.92 Å². The molecule has 0 aliphatic carbocycles. The molecule has 1 amide bonds. The number of amides is 1. The Bertz CT molecular complexity index is 604. The van der Waals surface area contributed by atoms with Crippen molar-refractivity contribution in [3.63, 3.8) is 0 Å². The number of rotatable bonds is 6.